The molecule has 9 fully saturated rings. The molecule has 2 aromatic carbocycles. The maximum atomic E-state index is 11.6. The molecule has 0 bridgehead atoms. The fourth-order valence-corrected chi connectivity index (χ4v) is 14.0. The second kappa shape index (κ2) is 23.4. The highest BCUT2D eigenvalue weighted by Crippen LogP contribution is 2.57. The van der Waals surface area contributed by atoms with E-state index in [1.165, 1.54) is 88.7 Å². The number of nitrogens with zero attached hydrogens (tertiary/aromatic N) is 2. The minimum absolute atomic E-state index is 0.0531. The van der Waals surface area contributed by atoms with Crippen molar-refractivity contribution in [3.63, 3.8) is 0 Å². The van der Waals surface area contributed by atoms with Crippen LogP contribution < -0.4 is 10.6 Å². The maximum Gasteiger partial charge on any atom is 0.147 e. The first-order valence-electron chi connectivity index (χ1n) is 26.0. The third-order valence-corrected chi connectivity index (χ3v) is 17.5. The molecule has 5 saturated carbocycles. The Bertz CT molecular complexity index is 1990. The summed E-state index contributed by atoms with van der Waals surface area (Å²) in [5.41, 5.74) is 2.61. The van der Waals surface area contributed by atoms with Crippen LogP contribution in [0, 0.1) is 21.7 Å². The molecule has 4 aliphatic heterocycles. The van der Waals surface area contributed by atoms with Crippen LogP contribution in [0.1, 0.15) is 133 Å². The molecule has 370 valence electrons. The van der Waals surface area contributed by atoms with Gasteiger partial charge in [-0.2, -0.15) is 0 Å². The molecule has 2 aromatic rings. The normalized spacial score (nSPS) is 30.1. The van der Waals surface area contributed by atoms with E-state index in [0.29, 0.717) is 75.0 Å². The Morgan fingerprint density at radius 3 is 1.16 bits per heavy atom. The Morgan fingerprint density at radius 1 is 0.478 bits per heavy atom. The summed E-state index contributed by atoms with van der Waals surface area (Å²) in [6.45, 7) is 21.7. The summed E-state index contributed by atoms with van der Waals surface area (Å²) in [5.74, 6) is 0.416. The predicted octanol–water partition coefficient (Wildman–Crippen LogP) is 9.23. The van der Waals surface area contributed by atoms with Crippen molar-refractivity contribution in [3.05, 3.63) is 122 Å². The fraction of sp³-hybridized carbons (Fsp3) is 0.559. The van der Waals surface area contributed by atoms with Crippen LogP contribution >= 0.6 is 0 Å². The average Bonchev–Trinajstić information content (AvgIpc) is 4.25. The molecule has 69 heavy (non-hydrogen) atoms. The molecule has 4 saturated heterocycles. The lowest BCUT2D eigenvalue weighted by atomic mass is 9.78. The van der Waals surface area contributed by atoms with E-state index in [1.807, 2.05) is 0 Å². The summed E-state index contributed by atoms with van der Waals surface area (Å²) in [7, 11) is 0. The van der Waals surface area contributed by atoms with Crippen molar-refractivity contribution in [2.75, 3.05) is 26.2 Å². The number of carbonyl (C=O) groups is 6. The van der Waals surface area contributed by atoms with Gasteiger partial charge in [-0.3, -0.25) is 38.6 Å². The van der Waals surface area contributed by atoms with E-state index < -0.39 is 10.8 Å². The highest BCUT2D eigenvalue weighted by molar-refractivity contribution is 6.13. The Balaban J connectivity index is 0.000000137. The predicted molar refractivity (Wildman–Crippen MR) is 273 cm³/mol. The molecule has 4 atom stereocenters. The van der Waals surface area contributed by atoms with Gasteiger partial charge in [-0.25, -0.2) is 0 Å². The Morgan fingerprint density at radius 2 is 0.841 bits per heavy atom. The first-order chi connectivity index (χ1) is 33.4. The minimum Gasteiger partial charge on any atom is -0.313 e. The van der Waals surface area contributed by atoms with Crippen LogP contribution in [-0.4, -0.2) is 94.8 Å². The van der Waals surface area contributed by atoms with E-state index in [9.17, 15) is 28.8 Å². The molecule has 2 spiro atoms. The van der Waals surface area contributed by atoms with Crippen LogP contribution in [0.25, 0.3) is 0 Å². The van der Waals surface area contributed by atoms with Crippen LogP contribution in [0.4, 0.5) is 0 Å². The van der Waals surface area contributed by atoms with E-state index in [1.54, 1.807) is 24.3 Å². The van der Waals surface area contributed by atoms with Crippen molar-refractivity contribution in [1.29, 1.82) is 0 Å². The van der Waals surface area contributed by atoms with Crippen LogP contribution in [0.2, 0.25) is 0 Å². The standard InChI is InChI=1S/C23H28N2.2C11H14O2.C9H16N2.C5H6O2/c1-3-7-19(8-4-1)17-24-15-13-23-14-16-25(22(23)12-11-21(23)24)18-20-9-5-2-6-10-20;2*1-3-7-11(8-4-2)9(12)5-6-10(11)13;1-2-8-9(4-6-11-8)3-5-10-7(1)9;6-4-1-2-5(7)3-4/h1-10,21-22H,11-18H2;2*3-4H,1-2,5-8H2;7-8,10-11H,1-6H2;1-3H2. The minimum atomic E-state index is -0.802. The number of nitrogens with one attached hydrogen (secondary N) is 2. The molecule has 11 rings (SSSR count). The van der Waals surface area contributed by atoms with Gasteiger partial charge >= 0.3 is 0 Å². The van der Waals surface area contributed by atoms with Crippen molar-refractivity contribution in [2.24, 2.45) is 21.7 Å². The van der Waals surface area contributed by atoms with Gasteiger partial charge in [0, 0.05) is 86.6 Å². The molecule has 10 heteroatoms. The highest BCUT2D eigenvalue weighted by atomic mass is 16.2. The van der Waals surface area contributed by atoms with E-state index in [2.05, 4.69) is 107 Å². The Labute approximate surface area is 411 Å². The van der Waals surface area contributed by atoms with Gasteiger partial charge in [0.15, 0.2) is 0 Å². The van der Waals surface area contributed by atoms with Crippen molar-refractivity contribution in [3.8, 4) is 0 Å². The van der Waals surface area contributed by atoms with Crippen LogP contribution in [0.15, 0.2) is 111 Å². The molecule has 0 radical (unpaired) electrons. The monoisotopic (exact) mass is 939 g/mol. The first kappa shape index (κ1) is 52.1. The number of rotatable bonds is 12. The SMILES string of the molecule is C1CC23CCNC2CCC3N1.C=CCC1(CC=C)C(=O)CCC1=O.C=CCC1(CC=C)C(=O)CCC1=O.O=C1CCC(=O)C1.c1ccc(CN2CCC34CCN(Cc5ccccc5)C3CCC24)cc1. The van der Waals surface area contributed by atoms with E-state index in [0.717, 1.165) is 37.3 Å². The molecule has 0 aromatic heterocycles. The number of likely N-dealkylation sites (tertiary alicyclic amines) is 2. The second-order valence-corrected chi connectivity index (χ2v) is 21.2. The topological polar surface area (TPSA) is 133 Å². The molecule has 2 N–H and O–H groups in total. The number of allylic oxidation sites excluding steroid dienone is 4. The molecular weight excluding hydrogens is 861 g/mol. The van der Waals surface area contributed by atoms with Gasteiger partial charge in [-0.1, -0.05) is 85.0 Å². The molecule has 4 unspecified atom stereocenters. The lowest BCUT2D eigenvalue weighted by molar-refractivity contribution is -0.136. The number of benzene rings is 2. The van der Waals surface area contributed by atoms with Gasteiger partial charge in [0.25, 0.3) is 0 Å². The number of Topliss-reactive ketones (excluding diaryl/α,β-unsaturated/α-hetero) is 6. The van der Waals surface area contributed by atoms with Crippen molar-refractivity contribution >= 4 is 34.7 Å². The largest absolute Gasteiger partial charge is 0.313 e. The zero-order valence-electron chi connectivity index (χ0n) is 41.2. The third kappa shape index (κ3) is 11.1. The van der Waals surface area contributed by atoms with Gasteiger partial charge in [-0.15, -0.1) is 26.3 Å². The van der Waals surface area contributed by atoms with Gasteiger partial charge < -0.3 is 10.6 Å². The Kier molecular flexibility index (Phi) is 17.7. The van der Waals surface area contributed by atoms with E-state index in [4.69, 9.17) is 0 Å². The Hall–Kier alpha value is -4.74. The number of hydrogen-bond donors (Lipinski definition) is 2. The number of ketones is 6. The number of hydrogen-bond acceptors (Lipinski definition) is 10. The molecule has 10 nitrogen and oxygen atoms in total. The molecular formula is C59H78N4O6. The first-order valence-corrected chi connectivity index (χ1v) is 26.0. The summed E-state index contributed by atoms with van der Waals surface area (Å²) < 4.78 is 0. The van der Waals surface area contributed by atoms with Gasteiger partial charge in [0.2, 0.25) is 0 Å². The average molecular weight is 939 g/mol. The quantitative estimate of drug-likeness (QED) is 0.157. The number of carbonyl (C=O) groups excluding carboxylic acids is 6. The van der Waals surface area contributed by atoms with Crippen molar-refractivity contribution < 1.29 is 28.8 Å². The summed E-state index contributed by atoms with van der Waals surface area (Å²) in [4.78, 5) is 72.3. The summed E-state index contributed by atoms with van der Waals surface area (Å²) in [6.07, 6.45) is 22.4. The van der Waals surface area contributed by atoms with Gasteiger partial charge in [0.05, 0.1) is 17.3 Å². The van der Waals surface area contributed by atoms with Crippen molar-refractivity contribution in [2.45, 2.75) is 159 Å². The molecule has 9 aliphatic rings. The van der Waals surface area contributed by atoms with E-state index >= 15 is 0 Å². The highest BCUT2D eigenvalue weighted by Gasteiger charge is 2.60. The third-order valence-electron chi connectivity index (χ3n) is 17.5. The summed E-state index contributed by atoms with van der Waals surface area (Å²) in [6, 6.07) is 25.4. The zero-order chi connectivity index (χ0) is 49.1. The second-order valence-electron chi connectivity index (χ2n) is 21.2. The molecule has 4 heterocycles. The van der Waals surface area contributed by atoms with Crippen LogP contribution in [0.3, 0.4) is 0 Å². The van der Waals surface area contributed by atoms with Crippen molar-refractivity contribution in [1.82, 2.24) is 20.4 Å². The maximum absolute atomic E-state index is 11.6. The zero-order valence-corrected chi connectivity index (χ0v) is 41.2. The summed E-state index contributed by atoms with van der Waals surface area (Å²) in [5, 5.41) is 7.28. The summed E-state index contributed by atoms with van der Waals surface area (Å²) >= 11 is 0. The molecule has 5 aliphatic carbocycles. The van der Waals surface area contributed by atoms with Gasteiger partial charge in [-0.05, 0) is 114 Å². The smallest absolute Gasteiger partial charge is 0.147 e. The van der Waals surface area contributed by atoms with Gasteiger partial charge in [0.1, 0.15) is 34.7 Å². The van der Waals surface area contributed by atoms with Crippen LogP contribution in [0.5, 0.6) is 0 Å². The molecule has 0 amide bonds. The van der Waals surface area contributed by atoms with Crippen LogP contribution in [-0.2, 0) is 41.9 Å². The lowest BCUT2D eigenvalue weighted by Gasteiger charge is -2.34. The lowest BCUT2D eigenvalue weighted by Crippen LogP contribution is -2.40. The van der Waals surface area contributed by atoms with E-state index in [-0.39, 0.29) is 41.1 Å². The fourth-order valence-electron chi connectivity index (χ4n) is 14.0.